The SMILES string of the molecule is CC(N)C1CCC(NC(=O)NCc2ccc(Cl)cc2)CC1. The molecule has 1 saturated carbocycles. The number of nitrogens with one attached hydrogen (secondary N) is 2. The van der Waals surface area contributed by atoms with Crippen molar-refractivity contribution in [3.63, 3.8) is 0 Å². The first-order chi connectivity index (χ1) is 10.0. The molecule has 1 aromatic rings. The molecule has 4 nitrogen and oxygen atoms in total. The van der Waals surface area contributed by atoms with Crippen LogP contribution in [-0.2, 0) is 6.54 Å². The van der Waals surface area contributed by atoms with E-state index < -0.39 is 0 Å². The number of nitrogens with two attached hydrogens (primary N) is 1. The van der Waals surface area contributed by atoms with Crippen molar-refractivity contribution in [3.8, 4) is 0 Å². The highest BCUT2D eigenvalue weighted by Gasteiger charge is 2.24. The molecule has 0 bridgehead atoms. The van der Waals surface area contributed by atoms with Crippen LogP contribution < -0.4 is 16.4 Å². The topological polar surface area (TPSA) is 67.1 Å². The van der Waals surface area contributed by atoms with Crippen molar-refractivity contribution in [2.75, 3.05) is 0 Å². The zero-order chi connectivity index (χ0) is 15.2. The van der Waals surface area contributed by atoms with Gasteiger partial charge in [-0.1, -0.05) is 23.7 Å². The number of hydrogen-bond acceptors (Lipinski definition) is 2. The van der Waals surface area contributed by atoms with Gasteiger partial charge in [0.2, 0.25) is 0 Å². The summed E-state index contributed by atoms with van der Waals surface area (Å²) in [6, 6.07) is 7.90. The van der Waals surface area contributed by atoms with Crippen molar-refractivity contribution in [2.45, 2.75) is 51.2 Å². The fraction of sp³-hybridized carbons (Fsp3) is 0.562. The monoisotopic (exact) mass is 309 g/mol. The number of benzene rings is 1. The van der Waals surface area contributed by atoms with Gasteiger partial charge < -0.3 is 16.4 Å². The average Bonchev–Trinajstić information content (AvgIpc) is 2.47. The molecule has 5 heteroatoms. The predicted molar refractivity (Wildman–Crippen MR) is 86.2 cm³/mol. The maximum atomic E-state index is 11.9. The summed E-state index contributed by atoms with van der Waals surface area (Å²) in [7, 11) is 0. The Morgan fingerprint density at radius 1 is 1.29 bits per heavy atom. The predicted octanol–water partition coefficient (Wildman–Crippen LogP) is 3.05. The van der Waals surface area contributed by atoms with Gasteiger partial charge in [0.1, 0.15) is 0 Å². The van der Waals surface area contributed by atoms with E-state index in [4.69, 9.17) is 17.3 Å². The van der Waals surface area contributed by atoms with Crippen molar-refractivity contribution in [3.05, 3.63) is 34.9 Å². The van der Waals surface area contributed by atoms with Crippen LogP contribution in [0.15, 0.2) is 24.3 Å². The quantitative estimate of drug-likeness (QED) is 0.800. The molecule has 1 aromatic carbocycles. The van der Waals surface area contributed by atoms with Gasteiger partial charge in [-0.05, 0) is 56.2 Å². The minimum Gasteiger partial charge on any atom is -0.335 e. The lowest BCUT2D eigenvalue weighted by molar-refractivity contribution is 0.223. The number of hydrogen-bond donors (Lipinski definition) is 3. The van der Waals surface area contributed by atoms with Gasteiger partial charge in [-0.25, -0.2) is 4.79 Å². The van der Waals surface area contributed by atoms with Crippen molar-refractivity contribution in [2.24, 2.45) is 11.7 Å². The minimum absolute atomic E-state index is 0.103. The fourth-order valence-corrected chi connectivity index (χ4v) is 2.94. The summed E-state index contributed by atoms with van der Waals surface area (Å²) < 4.78 is 0. The summed E-state index contributed by atoms with van der Waals surface area (Å²) in [5.41, 5.74) is 6.96. The second-order valence-corrected chi connectivity index (χ2v) is 6.36. The Balaban J connectivity index is 1.69. The van der Waals surface area contributed by atoms with Crippen LogP contribution in [0.25, 0.3) is 0 Å². The van der Waals surface area contributed by atoms with E-state index in [9.17, 15) is 4.79 Å². The Labute approximate surface area is 131 Å². The van der Waals surface area contributed by atoms with Gasteiger partial charge in [-0.3, -0.25) is 0 Å². The third-order valence-corrected chi connectivity index (χ3v) is 4.47. The first-order valence-corrected chi connectivity index (χ1v) is 7.97. The van der Waals surface area contributed by atoms with Gasteiger partial charge >= 0.3 is 6.03 Å². The van der Waals surface area contributed by atoms with Crippen LogP contribution in [0.4, 0.5) is 4.79 Å². The lowest BCUT2D eigenvalue weighted by atomic mass is 9.82. The highest BCUT2D eigenvalue weighted by molar-refractivity contribution is 6.30. The standard InChI is InChI=1S/C16H24ClN3O/c1-11(18)13-4-8-15(9-5-13)20-16(21)19-10-12-2-6-14(17)7-3-12/h2-3,6-7,11,13,15H,4-5,8-10,18H2,1H3,(H2,19,20,21). The van der Waals surface area contributed by atoms with E-state index in [2.05, 4.69) is 17.6 Å². The summed E-state index contributed by atoms with van der Waals surface area (Å²) in [4.78, 5) is 11.9. The largest absolute Gasteiger partial charge is 0.335 e. The summed E-state index contributed by atoms with van der Waals surface area (Å²) in [6.45, 7) is 2.58. The molecule has 0 spiro atoms. The van der Waals surface area contributed by atoms with Crippen LogP contribution in [0.1, 0.15) is 38.2 Å². The maximum Gasteiger partial charge on any atom is 0.315 e. The second-order valence-electron chi connectivity index (χ2n) is 5.92. The number of rotatable bonds is 4. The Bertz CT molecular complexity index is 453. The number of urea groups is 1. The molecular formula is C16H24ClN3O. The van der Waals surface area contributed by atoms with E-state index in [-0.39, 0.29) is 18.1 Å². The molecule has 21 heavy (non-hydrogen) atoms. The molecule has 0 aliphatic heterocycles. The molecule has 0 heterocycles. The lowest BCUT2D eigenvalue weighted by Crippen LogP contribution is -2.44. The number of carbonyl (C=O) groups is 1. The van der Waals surface area contributed by atoms with E-state index in [0.29, 0.717) is 17.5 Å². The van der Waals surface area contributed by atoms with Crippen molar-refractivity contribution in [1.82, 2.24) is 10.6 Å². The van der Waals surface area contributed by atoms with Crippen molar-refractivity contribution < 1.29 is 4.79 Å². The molecule has 1 atom stereocenters. The van der Waals surface area contributed by atoms with Crippen LogP contribution in [0.2, 0.25) is 5.02 Å². The third-order valence-electron chi connectivity index (χ3n) is 4.22. The zero-order valence-electron chi connectivity index (χ0n) is 12.4. The Kier molecular flexibility index (Phi) is 5.88. The zero-order valence-corrected chi connectivity index (χ0v) is 13.2. The molecular weight excluding hydrogens is 286 g/mol. The van der Waals surface area contributed by atoms with Gasteiger partial charge in [0.05, 0.1) is 0 Å². The van der Waals surface area contributed by atoms with E-state index >= 15 is 0 Å². The van der Waals surface area contributed by atoms with Crippen molar-refractivity contribution in [1.29, 1.82) is 0 Å². The van der Waals surface area contributed by atoms with Crippen LogP contribution in [0.3, 0.4) is 0 Å². The molecule has 1 aliphatic carbocycles. The van der Waals surface area contributed by atoms with E-state index in [1.54, 1.807) is 0 Å². The number of halogens is 1. The summed E-state index contributed by atoms with van der Waals surface area (Å²) in [5.74, 6) is 0.597. The molecule has 1 unspecified atom stereocenters. The summed E-state index contributed by atoms with van der Waals surface area (Å²) in [6.07, 6.45) is 4.22. The van der Waals surface area contributed by atoms with E-state index in [1.807, 2.05) is 24.3 Å². The fourth-order valence-electron chi connectivity index (χ4n) is 2.81. The molecule has 0 aromatic heterocycles. The average molecular weight is 310 g/mol. The molecule has 0 radical (unpaired) electrons. The number of carbonyl (C=O) groups excluding carboxylic acids is 1. The van der Waals surface area contributed by atoms with Gasteiger partial charge in [-0.15, -0.1) is 0 Å². The lowest BCUT2D eigenvalue weighted by Gasteiger charge is -2.31. The summed E-state index contributed by atoms with van der Waals surface area (Å²) >= 11 is 5.83. The van der Waals surface area contributed by atoms with E-state index in [0.717, 1.165) is 31.2 Å². The first-order valence-electron chi connectivity index (χ1n) is 7.59. The molecule has 2 rings (SSSR count). The molecule has 1 aliphatic rings. The first kappa shape index (κ1) is 16.1. The number of amides is 2. The van der Waals surface area contributed by atoms with Gasteiger partial charge in [0.25, 0.3) is 0 Å². The highest BCUT2D eigenvalue weighted by atomic mass is 35.5. The van der Waals surface area contributed by atoms with Crippen LogP contribution in [0, 0.1) is 5.92 Å². The smallest absolute Gasteiger partial charge is 0.315 e. The van der Waals surface area contributed by atoms with Gasteiger partial charge in [0.15, 0.2) is 0 Å². The molecule has 1 fully saturated rings. The third kappa shape index (κ3) is 5.21. The Morgan fingerprint density at radius 3 is 2.48 bits per heavy atom. The van der Waals surface area contributed by atoms with Crippen LogP contribution in [0.5, 0.6) is 0 Å². The Morgan fingerprint density at radius 2 is 1.90 bits per heavy atom. The molecule has 2 amide bonds. The normalized spacial score (nSPS) is 23.4. The molecule has 0 saturated heterocycles. The maximum absolute atomic E-state index is 11.9. The van der Waals surface area contributed by atoms with Crippen molar-refractivity contribution >= 4 is 17.6 Å². The highest BCUT2D eigenvalue weighted by Crippen LogP contribution is 2.25. The minimum atomic E-state index is -0.103. The van der Waals surface area contributed by atoms with Gasteiger partial charge in [0, 0.05) is 23.7 Å². The molecule has 4 N–H and O–H groups in total. The molecule has 116 valence electrons. The van der Waals surface area contributed by atoms with Crippen LogP contribution in [-0.4, -0.2) is 18.1 Å². The summed E-state index contributed by atoms with van der Waals surface area (Å²) in [5, 5.41) is 6.63. The van der Waals surface area contributed by atoms with Crippen LogP contribution >= 0.6 is 11.6 Å². The van der Waals surface area contributed by atoms with Gasteiger partial charge in [-0.2, -0.15) is 0 Å². The Hall–Kier alpha value is -1.26. The second kappa shape index (κ2) is 7.66. The van der Waals surface area contributed by atoms with E-state index in [1.165, 1.54) is 0 Å².